The number of fused-ring (bicyclic) bond motifs is 4. The second kappa shape index (κ2) is 42.0. The highest BCUT2D eigenvalue weighted by molar-refractivity contribution is 7.99. The molecule has 3 fully saturated rings. The summed E-state index contributed by atoms with van der Waals surface area (Å²) in [5.41, 5.74) is 7.88. The third kappa shape index (κ3) is 27.3. The second-order valence-electron chi connectivity index (χ2n) is 27.3. The first-order valence-corrected chi connectivity index (χ1v) is 38.6. The topological polar surface area (TPSA) is 401 Å². The molecule has 0 saturated carbocycles. The number of likely N-dealkylation sites (N-methyl/N-ethyl adjacent to an activating group) is 1. The average molecular weight is 1470 g/mol. The van der Waals surface area contributed by atoms with Crippen molar-refractivity contribution in [2.45, 2.75) is 195 Å². The predicted molar refractivity (Wildman–Crippen MR) is 382 cm³/mol. The maximum absolute atomic E-state index is 14.9. The summed E-state index contributed by atoms with van der Waals surface area (Å²) < 4.78 is 0. The van der Waals surface area contributed by atoms with Crippen molar-refractivity contribution in [1.29, 1.82) is 0 Å². The molecule has 0 radical (unpaired) electrons. The number of Topliss-reactive ketones (excluding diaryl/α,β-unsaturated/α-hetero) is 3. The van der Waals surface area contributed by atoms with Gasteiger partial charge < -0.3 is 57.0 Å². The molecule has 0 unspecified atom stereocenters. The monoisotopic (exact) mass is 1470 g/mol. The number of carbonyl (C=O) groups is 13. The summed E-state index contributed by atoms with van der Waals surface area (Å²) in [4.78, 5) is 183. The van der Waals surface area contributed by atoms with E-state index < -0.39 is 126 Å². The molecule has 6 rings (SSSR count). The van der Waals surface area contributed by atoms with Gasteiger partial charge >= 0.3 is 23.9 Å². The molecule has 2 aromatic rings. The Morgan fingerprint density at radius 2 is 1.27 bits per heavy atom. The summed E-state index contributed by atoms with van der Waals surface area (Å²) in [6, 6.07) is 8.07. The molecule has 6 amide bonds. The number of aliphatic carboxylic acids is 4. The number of thioether (sulfide) groups is 3. The van der Waals surface area contributed by atoms with Gasteiger partial charge in [-0.15, -0.1) is 0 Å². The Hall–Kier alpha value is -6.96. The van der Waals surface area contributed by atoms with Crippen molar-refractivity contribution in [3.05, 3.63) is 70.8 Å². The number of carboxylic acid groups (broad SMARTS) is 4. The van der Waals surface area contributed by atoms with Gasteiger partial charge in [-0.25, -0.2) is 0 Å². The number of aliphatic hydroxyl groups excluding tert-OH is 1. The lowest BCUT2D eigenvalue weighted by Gasteiger charge is -2.44. The molecule has 30 heteroatoms. The van der Waals surface area contributed by atoms with E-state index in [4.69, 9.17) is 5.73 Å². The fourth-order valence-electron chi connectivity index (χ4n) is 13.8. The number of carboxylic acids is 4. The number of nitrogens with two attached hydrogens (primary N) is 1. The van der Waals surface area contributed by atoms with Crippen molar-refractivity contribution in [2.24, 2.45) is 17.6 Å². The van der Waals surface area contributed by atoms with Crippen LogP contribution in [0.4, 0.5) is 0 Å². The van der Waals surface area contributed by atoms with Crippen LogP contribution in [-0.2, 0) is 86.0 Å². The third-order valence-corrected chi connectivity index (χ3v) is 22.5. The van der Waals surface area contributed by atoms with E-state index in [0.717, 1.165) is 29.5 Å². The van der Waals surface area contributed by atoms with Crippen LogP contribution in [0.15, 0.2) is 48.5 Å². The Morgan fingerprint density at radius 3 is 1.87 bits per heavy atom. The number of hydrogen-bond donors (Lipinski definition) is 9. The minimum atomic E-state index is -1.69. The molecule has 4 heterocycles. The van der Waals surface area contributed by atoms with Crippen LogP contribution in [0.3, 0.4) is 0 Å². The fraction of sp³-hybridized carbons (Fsp3) is 0.648. The first-order valence-electron chi connectivity index (χ1n) is 35.1. The number of hydrogen-bond acceptors (Lipinski definition) is 20. The first-order chi connectivity index (χ1) is 48.1. The Morgan fingerprint density at radius 1 is 0.673 bits per heavy atom. The molecule has 558 valence electrons. The zero-order chi connectivity index (χ0) is 73.8. The van der Waals surface area contributed by atoms with Crippen LogP contribution in [0.25, 0.3) is 0 Å². The number of amides is 6. The van der Waals surface area contributed by atoms with Crippen LogP contribution in [0.2, 0.25) is 0 Å². The average Bonchev–Trinajstić information content (AvgIpc) is 1.71. The van der Waals surface area contributed by atoms with Gasteiger partial charge in [0.05, 0.1) is 43.6 Å². The molecule has 2 aromatic carbocycles. The zero-order valence-corrected chi connectivity index (χ0v) is 60.8. The van der Waals surface area contributed by atoms with Gasteiger partial charge in [0, 0.05) is 112 Å². The van der Waals surface area contributed by atoms with Crippen molar-refractivity contribution in [3.8, 4) is 0 Å². The smallest absolute Gasteiger partial charge is 0.317 e. The Balaban J connectivity index is 1.24. The number of aliphatic hydroxyl groups is 1. The minimum absolute atomic E-state index is 0.0258. The quantitative estimate of drug-likeness (QED) is 0.0482. The standard InChI is InChI=1S/C71H103N9O18S3/c1-4-5-7-18-54(83)34-51-42-100-40-49-30-48(39-99-29-14-19-53(82)17-10-11-24-71(76(3)36-61(86)87)44-77(37-62(88)89)27-28-78(45-71)38-63(90)91)31-50(32-49)41-101-43-52(70(97)98)35-59(84)56(33-47-15-8-6-9-16-47)74-65(92)55(22-23-60(72)85)73-67(94)64(46(2)81)75-66(93)57-20-12-25-79(57)69(96)58-21-13-26-80(58)68(51)95/h6,8-9,15-16,30-32,46,51-52,55-58,64,81H,4-5,7,10-14,17-29,33-45H2,1-3H3,(H2,72,85)(H,73,94)(H,74,92)(H,75,93)(H,86,87)(H,88,89)(H,90,91)(H,97,98)/t46-,51+,52+,55+,56+,57+,58+,64+/m1/s1. The highest BCUT2D eigenvalue weighted by Crippen LogP contribution is 2.32. The molecule has 10 N–H and O–H groups in total. The molecule has 27 nitrogen and oxygen atoms in total. The molecule has 101 heavy (non-hydrogen) atoms. The van der Waals surface area contributed by atoms with E-state index in [2.05, 4.69) is 16.0 Å². The van der Waals surface area contributed by atoms with Crippen LogP contribution in [-0.4, -0.2) is 252 Å². The number of rotatable bonds is 31. The van der Waals surface area contributed by atoms with E-state index in [9.17, 15) is 87.9 Å². The van der Waals surface area contributed by atoms with E-state index in [0.29, 0.717) is 86.4 Å². The highest BCUT2D eigenvalue weighted by Gasteiger charge is 2.46. The van der Waals surface area contributed by atoms with Crippen LogP contribution in [0, 0.1) is 11.8 Å². The summed E-state index contributed by atoms with van der Waals surface area (Å²) in [6.07, 6.45) is 3.56. The lowest BCUT2D eigenvalue weighted by atomic mass is 9.88. The summed E-state index contributed by atoms with van der Waals surface area (Å²) in [5, 5.41) is 58.6. The summed E-state index contributed by atoms with van der Waals surface area (Å²) in [5.74, 6) is -9.50. The van der Waals surface area contributed by atoms with Gasteiger partial charge in [-0.3, -0.25) is 77.0 Å². The minimum Gasteiger partial charge on any atom is -0.481 e. The lowest BCUT2D eigenvalue weighted by Crippen LogP contribution is -2.61. The number of nitrogens with zero attached hydrogens (tertiary/aromatic N) is 5. The van der Waals surface area contributed by atoms with Gasteiger partial charge in [-0.05, 0) is 106 Å². The van der Waals surface area contributed by atoms with Crippen molar-refractivity contribution >= 4 is 112 Å². The van der Waals surface area contributed by atoms with E-state index in [1.54, 1.807) is 63.8 Å². The van der Waals surface area contributed by atoms with Crippen LogP contribution in [0.5, 0.6) is 0 Å². The van der Waals surface area contributed by atoms with Crippen molar-refractivity contribution in [2.75, 3.05) is 83.2 Å². The summed E-state index contributed by atoms with van der Waals surface area (Å²) in [7, 11) is 1.64. The summed E-state index contributed by atoms with van der Waals surface area (Å²) in [6.45, 7) is 3.65. The van der Waals surface area contributed by atoms with E-state index in [-0.39, 0.29) is 126 Å². The number of carbonyl (C=O) groups excluding carboxylic acids is 9. The molecule has 4 aliphatic heterocycles. The lowest BCUT2D eigenvalue weighted by molar-refractivity contribution is -0.148. The van der Waals surface area contributed by atoms with E-state index >= 15 is 0 Å². The highest BCUT2D eigenvalue weighted by atomic mass is 32.2. The Bertz CT molecular complexity index is 3170. The molecule has 2 bridgehead atoms. The molecule has 0 aromatic heterocycles. The first kappa shape index (κ1) is 83.0. The zero-order valence-electron chi connectivity index (χ0n) is 58.4. The Kier molecular flexibility index (Phi) is 34.5. The molecule has 0 spiro atoms. The number of ketones is 3. The normalized spacial score (nSPS) is 23.1. The van der Waals surface area contributed by atoms with Gasteiger partial charge in [-0.2, -0.15) is 35.3 Å². The number of benzene rings is 2. The molecule has 0 aliphatic carbocycles. The molecule has 3 saturated heterocycles. The van der Waals surface area contributed by atoms with Crippen LogP contribution < -0.4 is 21.7 Å². The number of unbranched alkanes of at least 4 members (excludes halogenated alkanes) is 3. The van der Waals surface area contributed by atoms with Gasteiger partial charge in [0.2, 0.25) is 35.4 Å². The van der Waals surface area contributed by atoms with Crippen molar-refractivity contribution in [3.63, 3.8) is 0 Å². The van der Waals surface area contributed by atoms with Crippen molar-refractivity contribution < 1.29 is 87.9 Å². The van der Waals surface area contributed by atoms with Gasteiger partial charge in [0.15, 0.2) is 5.78 Å². The van der Waals surface area contributed by atoms with Crippen molar-refractivity contribution in [1.82, 2.24) is 40.4 Å². The van der Waals surface area contributed by atoms with Crippen LogP contribution in [0.1, 0.15) is 152 Å². The molecular weight excluding hydrogens is 1360 g/mol. The molecular formula is C71H103N9O18S3. The van der Waals surface area contributed by atoms with Gasteiger partial charge in [0.25, 0.3) is 0 Å². The Labute approximate surface area is 603 Å². The number of nitrogens with one attached hydrogen (secondary N) is 3. The fourth-order valence-corrected chi connectivity index (χ4v) is 16.8. The second-order valence-corrected chi connectivity index (χ2v) is 30.5. The number of primary amides is 1. The van der Waals surface area contributed by atoms with Crippen LogP contribution >= 0.6 is 35.3 Å². The molecule has 8 atom stereocenters. The summed E-state index contributed by atoms with van der Waals surface area (Å²) >= 11 is 4.37. The van der Waals surface area contributed by atoms with Gasteiger partial charge in [0.1, 0.15) is 35.7 Å². The predicted octanol–water partition coefficient (Wildman–Crippen LogP) is 3.99. The molecule has 4 aliphatic rings. The van der Waals surface area contributed by atoms with E-state index in [1.165, 1.54) is 40.2 Å². The largest absolute Gasteiger partial charge is 0.481 e. The van der Waals surface area contributed by atoms with E-state index in [1.807, 2.05) is 25.1 Å². The maximum Gasteiger partial charge on any atom is 0.317 e. The third-order valence-electron chi connectivity index (χ3n) is 19.0. The SMILES string of the molecule is CCCCCC(=O)C[C@H]1CSCc2cc(CSCCCC(=O)CCCCC3(N(C)CC(=O)O)CN(CC(=O)O)CCN(CC(=O)O)C3)cc(c2)CSC[C@@H](C(=O)O)CC(=O)[C@H](Cc2ccccc2)NC(=O)[C@H](CCC(N)=O)NC(=O)[C@H]([C@@H](C)O)NC(=O)[C@@H]2CCCN2C(=O)[C@@H]2CCCN2C1=O. The maximum atomic E-state index is 14.9. The van der Waals surface area contributed by atoms with Gasteiger partial charge in [-0.1, -0.05) is 74.7 Å².